The Morgan fingerprint density at radius 2 is 1.80 bits per heavy atom. The van der Waals surface area contributed by atoms with Gasteiger partial charge in [-0.15, -0.1) is 0 Å². The van der Waals surface area contributed by atoms with Crippen LogP contribution in [0.2, 0.25) is 10.0 Å². The quantitative estimate of drug-likeness (QED) is 0.787. The van der Waals surface area contributed by atoms with Gasteiger partial charge in [-0.05, 0) is 37.5 Å². The molecule has 0 amide bonds. The highest BCUT2D eigenvalue weighted by molar-refractivity contribution is 6.42. The molecule has 0 bridgehead atoms. The fourth-order valence-corrected chi connectivity index (χ4v) is 3.11. The van der Waals surface area contributed by atoms with Gasteiger partial charge in [0.2, 0.25) is 0 Å². The van der Waals surface area contributed by atoms with Crippen molar-refractivity contribution in [1.29, 1.82) is 0 Å². The van der Waals surface area contributed by atoms with Crippen molar-refractivity contribution >= 4 is 23.2 Å². The molecule has 0 heterocycles. The molecule has 0 radical (unpaired) electrons. The lowest BCUT2D eigenvalue weighted by atomic mass is 9.94. The second kappa shape index (κ2) is 7.13. The third kappa shape index (κ3) is 4.36. The van der Waals surface area contributed by atoms with E-state index in [1.807, 2.05) is 18.2 Å². The van der Waals surface area contributed by atoms with E-state index in [-0.39, 0.29) is 6.04 Å². The van der Waals surface area contributed by atoms with E-state index in [9.17, 15) is 5.11 Å². The Hall–Kier alpha value is -0.280. The maximum absolute atomic E-state index is 10.6. The zero-order valence-electron chi connectivity index (χ0n) is 12.0. The minimum absolute atomic E-state index is 0.150. The molecule has 2 nitrogen and oxygen atoms in total. The first kappa shape index (κ1) is 16.1. The molecule has 0 spiro atoms. The number of halogens is 2. The minimum atomic E-state index is -0.555. The summed E-state index contributed by atoms with van der Waals surface area (Å²) in [5.41, 5.74) is 0.540. The van der Waals surface area contributed by atoms with Crippen molar-refractivity contribution in [3.8, 4) is 0 Å². The Morgan fingerprint density at radius 3 is 2.40 bits per heavy atom. The van der Waals surface area contributed by atoms with Gasteiger partial charge in [0.05, 0.1) is 15.6 Å². The highest BCUT2D eigenvalue weighted by Crippen LogP contribution is 2.28. The molecule has 2 N–H and O–H groups in total. The van der Waals surface area contributed by atoms with Crippen LogP contribution in [0.4, 0.5) is 0 Å². The highest BCUT2D eigenvalue weighted by atomic mass is 35.5. The van der Waals surface area contributed by atoms with Crippen LogP contribution in [0.25, 0.3) is 0 Å². The zero-order chi connectivity index (χ0) is 14.6. The van der Waals surface area contributed by atoms with Crippen LogP contribution in [0.5, 0.6) is 0 Å². The zero-order valence-corrected chi connectivity index (χ0v) is 13.5. The van der Waals surface area contributed by atoms with Gasteiger partial charge in [0.15, 0.2) is 0 Å². The number of hydrogen-bond acceptors (Lipinski definition) is 2. The first-order valence-electron chi connectivity index (χ1n) is 7.41. The van der Waals surface area contributed by atoms with E-state index in [2.05, 4.69) is 12.2 Å². The monoisotopic (exact) mass is 315 g/mol. The topological polar surface area (TPSA) is 32.3 Å². The van der Waals surface area contributed by atoms with E-state index >= 15 is 0 Å². The molecule has 4 heteroatoms. The Labute approximate surface area is 131 Å². The summed E-state index contributed by atoms with van der Waals surface area (Å²) in [6.45, 7) is 2.72. The van der Waals surface area contributed by atoms with E-state index < -0.39 is 5.60 Å². The van der Waals surface area contributed by atoms with Crippen molar-refractivity contribution in [3.05, 3.63) is 33.8 Å². The van der Waals surface area contributed by atoms with Gasteiger partial charge in [-0.3, -0.25) is 0 Å². The van der Waals surface area contributed by atoms with Gasteiger partial charge in [-0.1, -0.05) is 55.0 Å². The van der Waals surface area contributed by atoms with Gasteiger partial charge in [-0.2, -0.15) is 0 Å². The average Bonchev–Trinajstić information content (AvgIpc) is 2.65. The molecular weight excluding hydrogens is 293 g/mol. The third-order valence-electron chi connectivity index (χ3n) is 4.22. The van der Waals surface area contributed by atoms with Crippen molar-refractivity contribution in [2.75, 3.05) is 6.54 Å². The summed E-state index contributed by atoms with van der Waals surface area (Å²) in [5.74, 6) is 0. The number of benzene rings is 1. The minimum Gasteiger partial charge on any atom is -0.389 e. The molecule has 1 aliphatic carbocycles. The van der Waals surface area contributed by atoms with Gasteiger partial charge < -0.3 is 10.4 Å². The third-order valence-corrected chi connectivity index (χ3v) is 4.95. The Kier molecular flexibility index (Phi) is 5.74. The van der Waals surface area contributed by atoms with E-state index in [1.165, 1.54) is 12.8 Å². The number of rotatable bonds is 4. The summed E-state index contributed by atoms with van der Waals surface area (Å²) < 4.78 is 0. The van der Waals surface area contributed by atoms with Crippen LogP contribution >= 0.6 is 23.2 Å². The molecule has 1 aliphatic rings. The molecular formula is C16H23Cl2NO. The van der Waals surface area contributed by atoms with Gasteiger partial charge in [0, 0.05) is 12.6 Å². The van der Waals surface area contributed by atoms with Crippen LogP contribution in [0.15, 0.2) is 18.2 Å². The average molecular weight is 316 g/mol. The van der Waals surface area contributed by atoms with Crippen molar-refractivity contribution < 1.29 is 5.11 Å². The number of nitrogens with one attached hydrogen (secondary N) is 1. The molecule has 1 saturated carbocycles. The van der Waals surface area contributed by atoms with Crippen LogP contribution in [-0.4, -0.2) is 17.3 Å². The smallest absolute Gasteiger partial charge is 0.0771 e. The second-order valence-corrected chi connectivity index (χ2v) is 6.73. The van der Waals surface area contributed by atoms with Crippen LogP contribution in [0, 0.1) is 0 Å². The first-order chi connectivity index (χ1) is 9.50. The Bertz CT molecular complexity index is 442. The molecule has 20 heavy (non-hydrogen) atoms. The van der Waals surface area contributed by atoms with E-state index in [4.69, 9.17) is 23.2 Å². The first-order valence-corrected chi connectivity index (χ1v) is 8.16. The van der Waals surface area contributed by atoms with Crippen molar-refractivity contribution in [2.24, 2.45) is 0 Å². The van der Waals surface area contributed by atoms with Crippen LogP contribution < -0.4 is 5.32 Å². The lowest BCUT2D eigenvalue weighted by Crippen LogP contribution is -2.41. The SMILES string of the molecule is CC(NCC1(O)CCCCCC1)c1ccc(Cl)c(Cl)c1. The Morgan fingerprint density at radius 1 is 1.15 bits per heavy atom. The van der Waals surface area contributed by atoms with Gasteiger partial charge >= 0.3 is 0 Å². The van der Waals surface area contributed by atoms with Crippen LogP contribution in [0.3, 0.4) is 0 Å². The maximum atomic E-state index is 10.6. The van der Waals surface area contributed by atoms with Gasteiger partial charge in [-0.25, -0.2) is 0 Å². The van der Waals surface area contributed by atoms with E-state index in [1.54, 1.807) is 0 Å². The standard InChI is InChI=1S/C16H23Cl2NO/c1-12(13-6-7-14(17)15(18)10-13)19-11-16(20)8-4-2-3-5-9-16/h6-7,10,12,19-20H,2-5,8-9,11H2,1H3. The van der Waals surface area contributed by atoms with E-state index in [0.717, 1.165) is 31.2 Å². The fourth-order valence-electron chi connectivity index (χ4n) is 2.81. The Balaban J connectivity index is 1.93. The summed E-state index contributed by atoms with van der Waals surface area (Å²) in [6.07, 6.45) is 6.52. The number of aliphatic hydroxyl groups is 1. The fraction of sp³-hybridized carbons (Fsp3) is 0.625. The van der Waals surface area contributed by atoms with E-state index in [0.29, 0.717) is 16.6 Å². The van der Waals surface area contributed by atoms with Crippen LogP contribution in [-0.2, 0) is 0 Å². The molecule has 1 aromatic rings. The highest BCUT2D eigenvalue weighted by Gasteiger charge is 2.28. The number of hydrogen-bond donors (Lipinski definition) is 2. The van der Waals surface area contributed by atoms with Gasteiger partial charge in [0.25, 0.3) is 0 Å². The molecule has 1 unspecified atom stereocenters. The maximum Gasteiger partial charge on any atom is 0.0771 e. The lowest BCUT2D eigenvalue weighted by molar-refractivity contribution is 0.0231. The van der Waals surface area contributed by atoms with Crippen molar-refractivity contribution in [3.63, 3.8) is 0 Å². The molecule has 0 saturated heterocycles. The molecule has 1 fully saturated rings. The summed E-state index contributed by atoms with van der Waals surface area (Å²) in [6, 6.07) is 5.83. The summed E-state index contributed by atoms with van der Waals surface area (Å²) in [4.78, 5) is 0. The predicted molar refractivity (Wildman–Crippen MR) is 85.5 cm³/mol. The molecule has 112 valence electrons. The van der Waals surface area contributed by atoms with Gasteiger partial charge in [0.1, 0.15) is 0 Å². The molecule has 0 aliphatic heterocycles. The largest absolute Gasteiger partial charge is 0.389 e. The molecule has 0 aromatic heterocycles. The summed E-state index contributed by atoms with van der Waals surface area (Å²) >= 11 is 12.0. The summed E-state index contributed by atoms with van der Waals surface area (Å²) in [5, 5.41) is 15.2. The molecule has 1 atom stereocenters. The predicted octanol–water partition coefficient (Wildman–Crippen LogP) is 4.73. The summed E-state index contributed by atoms with van der Waals surface area (Å²) in [7, 11) is 0. The molecule has 1 aromatic carbocycles. The van der Waals surface area contributed by atoms with Crippen molar-refractivity contribution in [2.45, 2.75) is 57.1 Å². The molecule has 2 rings (SSSR count). The van der Waals surface area contributed by atoms with Crippen LogP contribution in [0.1, 0.15) is 57.1 Å². The normalized spacial score (nSPS) is 20.4. The second-order valence-electron chi connectivity index (χ2n) is 5.91. The van der Waals surface area contributed by atoms with Crippen molar-refractivity contribution in [1.82, 2.24) is 5.32 Å². The lowest BCUT2D eigenvalue weighted by Gasteiger charge is -2.29.